The average molecular weight is 458 g/mol. The fraction of sp³-hybridized carbons (Fsp3) is 0.200. The molecule has 0 aliphatic rings. The van der Waals surface area contributed by atoms with Gasteiger partial charge in [0.1, 0.15) is 17.3 Å². The molecule has 0 unspecified atom stereocenters. The Morgan fingerprint density at radius 1 is 0.812 bits per heavy atom. The number of hydrogen-bond donors (Lipinski definition) is 2. The average Bonchev–Trinajstić information content (AvgIpc) is 2.67. The summed E-state index contributed by atoms with van der Waals surface area (Å²) in [5, 5.41) is 5.71. The number of nitrogens with zero attached hydrogens (tertiary/aromatic N) is 2. The van der Waals surface area contributed by atoms with Gasteiger partial charge in [-0.05, 0) is 42.8 Å². The number of hydrogen-bond acceptors (Lipinski definition) is 6. The van der Waals surface area contributed by atoms with Crippen molar-refractivity contribution in [3.8, 4) is 22.8 Å². The van der Waals surface area contributed by atoms with Crippen molar-refractivity contribution >= 4 is 17.5 Å². The van der Waals surface area contributed by atoms with Crippen molar-refractivity contribution < 1.29 is 35.8 Å². The molecule has 12 heteroatoms. The zero-order valence-corrected chi connectivity index (χ0v) is 16.6. The number of anilines is 3. The molecule has 170 valence electrons. The second kappa shape index (κ2) is 8.81. The Bertz CT molecular complexity index is 1100. The van der Waals surface area contributed by atoms with Gasteiger partial charge >= 0.3 is 12.7 Å². The third-order valence-electron chi connectivity index (χ3n) is 4.01. The number of alkyl halides is 6. The van der Waals surface area contributed by atoms with Crippen LogP contribution in [0.15, 0.2) is 48.5 Å². The van der Waals surface area contributed by atoms with Gasteiger partial charge < -0.3 is 20.1 Å². The SMILES string of the molecule is CNc1nc(Nc2ccc(OC(F)(F)F)cc2C)cc(-c2cccc(OC(F)(F)F)c2)n1. The van der Waals surface area contributed by atoms with Crippen molar-refractivity contribution in [2.75, 3.05) is 17.7 Å². The first-order valence-corrected chi connectivity index (χ1v) is 8.98. The van der Waals surface area contributed by atoms with Gasteiger partial charge in [-0.25, -0.2) is 4.98 Å². The van der Waals surface area contributed by atoms with Crippen molar-refractivity contribution in [3.05, 3.63) is 54.1 Å². The van der Waals surface area contributed by atoms with E-state index in [-0.39, 0.29) is 23.2 Å². The van der Waals surface area contributed by atoms with E-state index in [2.05, 4.69) is 30.1 Å². The molecule has 0 radical (unpaired) electrons. The normalized spacial score (nSPS) is 11.8. The van der Waals surface area contributed by atoms with Gasteiger partial charge in [0.25, 0.3) is 0 Å². The molecule has 0 bridgehead atoms. The molecule has 3 aromatic rings. The number of ether oxygens (including phenoxy) is 2. The van der Waals surface area contributed by atoms with Crippen LogP contribution >= 0.6 is 0 Å². The highest BCUT2D eigenvalue weighted by Crippen LogP contribution is 2.31. The van der Waals surface area contributed by atoms with E-state index in [9.17, 15) is 26.3 Å². The van der Waals surface area contributed by atoms with E-state index in [1.807, 2.05) is 0 Å². The molecule has 0 amide bonds. The summed E-state index contributed by atoms with van der Waals surface area (Å²) in [6.07, 6.45) is -9.65. The minimum Gasteiger partial charge on any atom is -0.406 e. The van der Waals surface area contributed by atoms with E-state index in [1.54, 1.807) is 20.0 Å². The lowest BCUT2D eigenvalue weighted by atomic mass is 10.1. The van der Waals surface area contributed by atoms with Crippen LogP contribution in [0, 0.1) is 6.92 Å². The third kappa shape index (κ3) is 6.40. The summed E-state index contributed by atoms with van der Waals surface area (Å²) in [6.45, 7) is 1.57. The van der Waals surface area contributed by atoms with E-state index >= 15 is 0 Å². The molecule has 0 atom stereocenters. The minimum atomic E-state index is -4.84. The maximum Gasteiger partial charge on any atom is 0.573 e. The number of halogens is 6. The van der Waals surface area contributed by atoms with Crippen molar-refractivity contribution in [2.45, 2.75) is 19.6 Å². The maximum absolute atomic E-state index is 12.5. The molecule has 3 rings (SSSR count). The number of rotatable bonds is 6. The number of benzene rings is 2. The Morgan fingerprint density at radius 2 is 1.47 bits per heavy atom. The zero-order chi connectivity index (χ0) is 23.5. The molecular weight excluding hydrogens is 442 g/mol. The highest BCUT2D eigenvalue weighted by molar-refractivity contribution is 5.69. The van der Waals surface area contributed by atoms with Crippen LogP contribution in [0.2, 0.25) is 0 Å². The van der Waals surface area contributed by atoms with Gasteiger partial charge in [0.05, 0.1) is 5.69 Å². The summed E-state index contributed by atoms with van der Waals surface area (Å²) >= 11 is 0. The second-order valence-electron chi connectivity index (χ2n) is 6.44. The first kappa shape index (κ1) is 23.0. The van der Waals surface area contributed by atoms with E-state index < -0.39 is 18.5 Å². The molecule has 0 spiro atoms. The van der Waals surface area contributed by atoms with Crippen molar-refractivity contribution in [2.24, 2.45) is 0 Å². The van der Waals surface area contributed by atoms with Gasteiger partial charge in [-0.15, -0.1) is 26.3 Å². The monoisotopic (exact) mass is 458 g/mol. The standard InChI is InChI=1S/C20H16F6N4O2/c1-11-8-14(32-20(24,25)26)6-7-15(11)28-17-10-16(29-18(27-2)30-17)12-4-3-5-13(9-12)31-19(21,22)23/h3-10H,1-2H3,(H2,27,28,29,30). The fourth-order valence-electron chi connectivity index (χ4n) is 2.74. The summed E-state index contributed by atoms with van der Waals surface area (Å²) in [6, 6.07) is 10.5. The lowest BCUT2D eigenvalue weighted by Crippen LogP contribution is -2.17. The Labute approximate surface area is 178 Å². The molecule has 1 heterocycles. The van der Waals surface area contributed by atoms with Gasteiger partial charge in [0.15, 0.2) is 0 Å². The minimum absolute atomic E-state index is 0.168. The first-order valence-electron chi connectivity index (χ1n) is 8.98. The summed E-state index contributed by atoms with van der Waals surface area (Å²) in [5.41, 5.74) is 1.51. The van der Waals surface area contributed by atoms with Crippen LogP contribution in [0.1, 0.15) is 5.56 Å². The lowest BCUT2D eigenvalue weighted by Gasteiger charge is -2.14. The van der Waals surface area contributed by atoms with Crippen molar-refractivity contribution in [3.63, 3.8) is 0 Å². The second-order valence-corrected chi connectivity index (χ2v) is 6.44. The maximum atomic E-state index is 12.5. The number of nitrogens with one attached hydrogen (secondary N) is 2. The van der Waals surface area contributed by atoms with Crippen LogP contribution in [0.25, 0.3) is 11.3 Å². The molecule has 2 aromatic carbocycles. The highest BCUT2D eigenvalue weighted by atomic mass is 19.4. The largest absolute Gasteiger partial charge is 0.573 e. The van der Waals surface area contributed by atoms with Gasteiger partial charge in [-0.2, -0.15) is 4.98 Å². The van der Waals surface area contributed by atoms with Crippen LogP contribution in [0.4, 0.5) is 43.8 Å². The highest BCUT2D eigenvalue weighted by Gasteiger charge is 2.32. The Hall–Kier alpha value is -3.70. The van der Waals surface area contributed by atoms with Crippen LogP contribution in [0.3, 0.4) is 0 Å². The van der Waals surface area contributed by atoms with Crippen molar-refractivity contribution in [1.82, 2.24) is 9.97 Å². The molecule has 0 aliphatic carbocycles. The predicted molar refractivity (Wildman–Crippen MR) is 105 cm³/mol. The summed E-state index contributed by atoms with van der Waals surface area (Å²) < 4.78 is 82.6. The van der Waals surface area contributed by atoms with Crippen LogP contribution in [-0.2, 0) is 0 Å². The zero-order valence-electron chi connectivity index (χ0n) is 16.6. The molecule has 0 aliphatic heterocycles. The van der Waals surface area contributed by atoms with E-state index in [1.165, 1.54) is 30.3 Å². The lowest BCUT2D eigenvalue weighted by molar-refractivity contribution is -0.275. The third-order valence-corrected chi connectivity index (χ3v) is 4.01. The van der Waals surface area contributed by atoms with E-state index in [4.69, 9.17) is 0 Å². The number of aromatic nitrogens is 2. The molecule has 6 nitrogen and oxygen atoms in total. The van der Waals surface area contributed by atoms with E-state index in [0.717, 1.165) is 12.1 Å². The van der Waals surface area contributed by atoms with Crippen LogP contribution in [0.5, 0.6) is 11.5 Å². The molecule has 32 heavy (non-hydrogen) atoms. The molecular formula is C20H16F6N4O2. The van der Waals surface area contributed by atoms with Crippen molar-refractivity contribution in [1.29, 1.82) is 0 Å². The summed E-state index contributed by atoms with van der Waals surface area (Å²) in [5.74, 6) is -0.359. The molecule has 0 fully saturated rings. The van der Waals surface area contributed by atoms with Crippen LogP contribution in [-0.4, -0.2) is 29.7 Å². The predicted octanol–water partition coefficient (Wildman–Crippen LogP) is 6.03. The van der Waals surface area contributed by atoms with Gasteiger partial charge in [-0.1, -0.05) is 12.1 Å². The molecule has 2 N–H and O–H groups in total. The molecule has 0 saturated carbocycles. The summed E-state index contributed by atoms with van der Waals surface area (Å²) in [7, 11) is 1.56. The number of aryl methyl sites for hydroxylation is 1. The topological polar surface area (TPSA) is 68.3 Å². The van der Waals surface area contributed by atoms with Gasteiger partial charge in [0, 0.05) is 24.4 Å². The van der Waals surface area contributed by atoms with Gasteiger partial charge in [0.2, 0.25) is 5.95 Å². The Kier molecular flexibility index (Phi) is 6.32. The Morgan fingerprint density at radius 3 is 2.06 bits per heavy atom. The van der Waals surface area contributed by atoms with E-state index in [0.29, 0.717) is 16.8 Å². The fourth-order valence-corrected chi connectivity index (χ4v) is 2.74. The molecule has 1 aromatic heterocycles. The van der Waals surface area contributed by atoms with Gasteiger partial charge in [-0.3, -0.25) is 0 Å². The Balaban J connectivity index is 1.90. The smallest absolute Gasteiger partial charge is 0.406 e. The molecule has 0 saturated heterocycles. The summed E-state index contributed by atoms with van der Waals surface area (Å²) in [4.78, 5) is 8.46. The van der Waals surface area contributed by atoms with Crippen LogP contribution < -0.4 is 20.1 Å². The quantitative estimate of drug-likeness (QED) is 0.440. The first-order chi connectivity index (χ1) is 14.9.